The molecule has 3 amide bonds. The molecule has 3 rings (SSSR count). The maximum absolute atomic E-state index is 12.1. The van der Waals surface area contributed by atoms with E-state index in [1.54, 1.807) is 11.9 Å². The van der Waals surface area contributed by atoms with E-state index in [0.29, 0.717) is 19.5 Å². The molecular weight excluding hydrogens is 290 g/mol. The summed E-state index contributed by atoms with van der Waals surface area (Å²) in [5.74, 6) is 0.152. The molecule has 1 aliphatic heterocycles. The van der Waals surface area contributed by atoms with Gasteiger partial charge < -0.3 is 15.5 Å². The van der Waals surface area contributed by atoms with Crippen molar-refractivity contribution in [3.63, 3.8) is 0 Å². The molecule has 2 aliphatic rings. The van der Waals surface area contributed by atoms with E-state index in [1.165, 1.54) is 11.1 Å². The van der Waals surface area contributed by atoms with Gasteiger partial charge in [0.1, 0.15) is 0 Å². The molecular formula is C18H25N3O2. The van der Waals surface area contributed by atoms with Crippen LogP contribution < -0.4 is 10.6 Å². The molecule has 1 fully saturated rings. The quantitative estimate of drug-likeness (QED) is 0.892. The summed E-state index contributed by atoms with van der Waals surface area (Å²) >= 11 is 0. The molecule has 23 heavy (non-hydrogen) atoms. The molecule has 1 heterocycles. The molecule has 0 bridgehead atoms. The van der Waals surface area contributed by atoms with Gasteiger partial charge in [0.2, 0.25) is 5.91 Å². The van der Waals surface area contributed by atoms with Gasteiger partial charge in [0, 0.05) is 32.6 Å². The maximum Gasteiger partial charge on any atom is 0.315 e. The van der Waals surface area contributed by atoms with E-state index in [4.69, 9.17) is 0 Å². The highest BCUT2D eigenvalue weighted by Gasteiger charge is 2.33. The van der Waals surface area contributed by atoms with E-state index in [0.717, 1.165) is 19.3 Å². The number of carbonyl (C=O) groups is 2. The predicted molar refractivity (Wildman–Crippen MR) is 89.2 cm³/mol. The number of carbonyl (C=O) groups excluding carboxylic acids is 2. The molecule has 2 N–H and O–H groups in total. The molecule has 1 saturated heterocycles. The molecule has 1 atom stereocenters. The van der Waals surface area contributed by atoms with Crippen molar-refractivity contribution in [2.24, 2.45) is 5.41 Å². The Morgan fingerprint density at radius 3 is 2.57 bits per heavy atom. The summed E-state index contributed by atoms with van der Waals surface area (Å²) in [7, 11) is 1.78. The number of piperidine rings is 1. The highest BCUT2D eigenvalue weighted by atomic mass is 16.2. The average molecular weight is 315 g/mol. The smallest absolute Gasteiger partial charge is 0.315 e. The van der Waals surface area contributed by atoms with Crippen LogP contribution in [0.3, 0.4) is 0 Å². The number of nitrogens with one attached hydrogen (secondary N) is 2. The van der Waals surface area contributed by atoms with Gasteiger partial charge in [-0.15, -0.1) is 0 Å². The molecule has 5 nitrogen and oxygen atoms in total. The van der Waals surface area contributed by atoms with Crippen molar-refractivity contribution < 1.29 is 9.59 Å². The monoisotopic (exact) mass is 315 g/mol. The van der Waals surface area contributed by atoms with Crippen molar-refractivity contribution in [2.45, 2.75) is 38.6 Å². The second kappa shape index (κ2) is 6.22. The van der Waals surface area contributed by atoms with Crippen LogP contribution in [0.4, 0.5) is 4.79 Å². The van der Waals surface area contributed by atoms with Crippen LogP contribution in [-0.2, 0) is 17.6 Å². The summed E-state index contributed by atoms with van der Waals surface area (Å²) in [5.41, 5.74) is 2.87. The number of likely N-dealkylation sites (tertiary alicyclic amines) is 1. The van der Waals surface area contributed by atoms with Crippen molar-refractivity contribution in [1.29, 1.82) is 0 Å². The van der Waals surface area contributed by atoms with Crippen LogP contribution >= 0.6 is 0 Å². The Balaban J connectivity index is 1.47. The van der Waals surface area contributed by atoms with Gasteiger partial charge in [-0.3, -0.25) is 4.79 Å². The Morgan fingerprint density at radius 1 is 1.30 bits per heavy atom. The third-order valence-corrected chi connectivity index (χ3v) is 4.99. The molecule has 5 heteroatoms. The Hall–Kier alpha value is -2.04. The minimum Gasteiger partial charge on any atom is -0.344 e. The molecule has 1 aromatic rings. The molecule has 124 valence electrons. The lowest BCUT2D eigenvalue weighted by Crippen LogP contribution is -2.52. The lowest BCUT2D eigenvalue weighted by atomic mass is 9.87. The van der Waals surface area contributed by atoms with Crippen molar-refractivity contribution in [2.75, 3.05) is 20.1 Å². The zero-order valence-electron chi connectivity index (χ0n) is 13.9. The fraction of sp³-hybridized carbons (Fsp3) is 0.556. The summed E-state index contributed by atoms with van der Waals surface area (Å²) < 4.78 is 0. The lowest BCUT2D eigenvalue weighted by molar-refractivity contribution is -0.132. The van der Waals surface area contributed by atoms with E-state index in [1.807, 2.05) is 0 Å². The van der Waals surface area contributed by atoms with Crippen LogP contribution in [0.25, 0.3) is 0 Å². The first-order chi connectivity index (χ1) is 11.0. The van der Waals surface area contributed by atoms with Gasteiger partial charge in [-0.2, -0.15) is 0 Å². The first-order valence-electron chi connectivity index (χ1n) is 8.30. The van der Waals surface area contributed by atoms with E-state index in [-0.39, 0.29) is 23.4 Å². The SMILES string of the molecule is CN1C[C@@H](NC(=O)NCC2(C)Cc3ccccc3C2)CCC1=O. The average Bonchev–Trinajstić information content (AvgIpc) is 2.86. The fourth-order valence-corrected chi connectivity index (χ4v) is 3.67. The normalized spacial score (nSPS) is 22.6. The second-order valence-electron chi connectivity index (χ2n) is 7.27. The first kappa shape index (κ1) is 15.8. The van der Waals surface area contributed by atoms with Gasteiger partial charge in [0.25, 0.3) is 0 Å². The molecule has 0 saturated carbocycles. The molecule has 1 aliphatic carbocycles. The Kier molecular flexibility index (Phi) is 4.28. The fourth-order valence-electron chi connectivity index (χ4n) is 3.67. The van der Waals surface area contributed by atoms with E-state index in [9.17, 15) is 9.59 Å². The topological polar surface area (TPSA) is 61.4 Å². The van der Waals surface area contributed by atoms with E-state index < -0.39 is 0 Å². The minimum absolute atomic E-state index is 0.0475. The molecule has 0 aromatic heterocycles. The standard InChI is InChI=1S/C18H25N3O2/c1-18(9-13-5-3-4-6-14(13)10-18)12-19-17(23)20-15-7-8-16(22)21(2)11-15/h3-6,15H,7-12H2,1-2H3,(H2,19,20,23)/t15-/m0/s1. The van der Waals surface area contributed by atoms with Gasteiger partial charge >= 0.3 is 6.03 Å². The van der Waals surface area contributed by atoms with Crippen LogP contribution in [0.1, 0.15) is 30.9 Å². The third kappa shape index (κ3) is 3.66. The summed E-state index contributed by atoms with van der Waals surface area (Å²) in [6.07, 6.45) is 3.24. The molecule has 0 radical (unpaired) electrons. The number of urea groups is 1. The van der Waals surface area contributed by atoms with Crippen LogP contribution in [0.2, 0.25) is 0 Å². The molecule has 0 unspecified atom stereocenters. The van der Waals surface area contributed by atoms with Crippen molar-refractivity contribution in [3.8, 4) is 0 Å². The summed E-state index contributed by atoms with van der Waals surface area (Å²) in [6.45, 7) is 3.48. The number of hydrogen-bond donors (Lipinski definition) is 2. The zero-order chi connectivity index (χ0) is 16.4. The number of rotatable bonds is 3. The van der Waals surface area contributed by atoms with Crippen molar-refractivity contribution >= 4 is 11.9 Å². The van der Waals surface area contributed by atoms with Crippen LogP contribution in [0.15, 0.2) is 24.3 Å². The highest BCUT2D eigenvalue weighted by molar-refractivity contribution is 5.78. The number of amides is 3. The number of hydrogen-bond acceptors (Lipinski definition) is 2. The second-order valence-corrected chi connectivity index (χ2v) is 7.27. The van der Waals surface area contributed by atoms with E-state index >= 15 is 0 Å². The Bertz CT molecular complexity index is 589. The third-order valence-electron chi connectivity index (χ3n) is 4.99. The lowest BCUT2D eigenvalue weighted by Gasteiger charge is -2.31. The Morgan fingerprint density at radius 2 is 1.96 bits per heavy atom. The number of nitrogens with zero attached hydrogens (tertiary/aromatic N) is 1. The molecule has 0 spiro atoms. The van der Waals surface area contributed by atoms with Gasteiger partial charge in [-0.25, -0.2) is 4.79 Å². The van der Waals surface area contributed by atoms with Crippen molar-refractivity contribution in [3.05, 3.63) is 35.4 Å². The molecule has 1 aromatic carbocycles. The van der Waals surface area contributed by atoms with Gasteiger partial charge in [0.15, 0.2) is 0 Å². The van der Waals surface area contributed by atoms with Crippen molar-refractivity contribution in [1.82, 2.24) is 15.5 Å². The summed E-state index contributed by atoms with van der Waals surface area (Å²) in [5, 5.41) is 6.01. The van der Waals surface area contributed by atoms with Gasteiger partial charge in [-0.05, 0) is 35.8 Å². The minimum atomic E-state index is -0.130. The van der Waals surface area contributed by atoms with Gasteiger partial charge in [-0.1, -0.05) is 31.2 Å². The highest BCUT2D eigenvalue weighted by Crippen LogP contribution is 2.35. The summed E-state index contributed by atoms with van der Waals surface area (Å²) in [6, 6.07) is 8.42. The largest absolute Gasteiger partial charge is 0.344 e. The van der Waals surface area contributed by atoms with Gasteiger partial charge in [0.05, 0.1) is 0 Å². The first-order valence-corrected chi connectivity index (χ1v) is 8.30. The van der Waals surface area contributed by atoms with Crippen LogP contribution in [0.5, 0.6) is 0 Å². The van der Waals surface area contributed by atoms with Crippen LogP contribution in [0, 0.1) is 5.41 Å². The van der Waals surface area contributed by atoms with Crippen LogP contribution in [-0.4, -0.2) is 43.0 Å². The maximum atomic E-state index is 12.1. The number of benzene rings is 1. The zero-order valence-corrected chi connectivity index (χ0v) is 13.9. The Labute approximate surface area is 137 Å². The number of likely N-dealkylation sites (N-methyl/N-ethyl adjacent to an activating group) is 1. The van der Waals surface area contributed by atoms with E-state index in [2.05, 4.69) is 41.8 Å². The number of fused-ring (bicyclic) bond motifs is 1. The summed E-state index contributed by atoms with van der Waals surface area (Å²) in [4.78, 5) is 25.3. The predicted octanol–water partition coefficient (Wildman–Crippen LogP) is 1.71.